The Morgan fingerprint density at radius 1 is 1.30 bits per heavy atom. The smallest absolute Gasteiger partial charge is 0.215 e. The lowest BCUT2D eigenvalue weighted by molar-refractivity contribution is 0.492. The molecule has 0 saturated carbocycles. The van der Waals surface area contributed by atoms with Crippen molar-refractivity contribution in [2.45, 2.75) is 20.8 Å². The SMILES string of the molecule is CC.CC1=CC(Oc2ccccc2F)=NCC=C1NN. The van der Waals surface area contributed by atoms with Gasteiger partial charge in [-0.25, -0.2) is 9.38 Å². The number of nitrogens with two attached hydrogens (primary N) is 1. The van der Waals surface area contributed by atoms with Gasteiger partial charge in [0.25, 0.3) is 0 Å². The second kappa shape index (κ2) is 8.12. The molecule has 3 N–H and O–H groups in total. The van der Waals surface area contributed by atoms with Crippen LogP contribution < -0.4 is 16.0 Å². The largest absolute Gasteiger partial charge is 0.436 e. The molecule has 0 spiro atoms. The molecule has 108 valence electrons. The number of ether oxygens (including phenoxy) is 1. The van der Waals surface area contributed by atoms with E-state index in [-0.39, 0.29) is 5.75 Å². The van der Waals surface area contributed by atoms with Gasteiger partial charge in [0.2, 0.25) is 5.90 Å². The number of hydrogen-bond acceptors (Lipinski definition) is 4. The van der Waals surface area contributed by atoms with E-state index in [1.807, 2.05) is 26.8 Å². The molecule has 5 heteroatoms. The molecule has 1 heterocycles. The van der Waals surface area contributed by atoms with Crippen LogP contribution in [0.15, 0.2) is 52.7 Å². The van der Waals surface area contributed by atoms with Gasteiger partial charge < -0.3 is 10.2 Å². The van der Waals surface area contributed by atoms with Gasteiger partial charge in [-0.2, -0.15) is 0 Å². The van der Waals surface area contributed by atoms with E-state index in [1.54, 1.807) is 24.3 Å². The molecule has 0 bridgehead atoms. The molecule has 0 fully saturated rings. The Morgan fingerprint density at radius 2 is 2.00 bits per heavy atom. The van der Waals surface area contributed by atoms with Crippen molar-refractivity contribution in [2.24, 2.45) is 10.8 Å². The number of para-hydroxylation sites is 1. The average molecular weight is 277 g/mol. The highest BCUT2D eigenvalue weighted by atomic mass is 19.1. The van der Waals surface area contributed by atoms with Crippen molar-refractivity contribution in [1.29, 1.82) is 0 Å². The van der Waals surface area contributed by atoms with E-state index in [0.717, 1.165) is 11.3 Å². The lowest BCUT2D eigenvalue weighted by Gasteiger charge is -2.07. The number of hydrogen-bond donors (Lipinski definition) is 2. The van der Waals surface area contributed by atoms with Crippen molar-refractivity contribution in [3.05, 3.63) is 53.5 Å². The summed E-state index contributed by atoms with van der Waals surface area (Å²) in [5.74, 6) is 5.48. The number of nitrogens with zero attached hydrogens (tertiary/aromatic N) is 1. The first-order valence-corrected chi connectivity index (χ1v) is 6.53. The molecule has 1 aliphatic heterocycles. The third-order valence-corrected chi connectivity index (χ3v) is 2.51. The molecule has 1 aliphatic rings. The van der Waals surface area contributed by atoms with E-state index in [4.69, 9.17) is 10.6 Å². The lowest BCUT2D eigenvalue weighted by atomic mass is 10.2. The zero-order valence-electron chi connectivity index (χ0n) is 12.0. The number of aliphatic imine (C=N–C) groups is 1. The highest BCUT2D eigenvalue weighted by Gasteiger charge is 2.09. The Kier molecular flexibility index (Phi) is 6.46. The van der Waals surface area contributed by atoms with Crippen molar-refractivity contribution >= 4 is 5.90 Å². The molecule has 0 radical (unpaired) electrons. The normalized spacial score (nSPS) is 13.9. The monoisotopic (exact) mass is 277 g/mol. The van der Waals surface area contributed by atoms with Gasteiger partial charge >= 0.3 is 0 Å². The van der Waals surface area contributed by atoms with E-state index in [0.29, 0.717) is 12.4 Å². The molecule has 0 atom stereocenters. The summed E-state index contributed by atoms with van der Waals surface area (Å²) in [7, 11) is 0. The highest BCUT2D eigenvalue weighted by Crippen LogP contribution is 2.17. The minimum absolute atomic E-state index is 0.157. The first-order chi connectivity index (χ1) is 9.70. The van der Waals surface area contributed by atoms with Gasteiger partial charge in [0.05, 0.1) is 6.54 Å². The van der Waals surface area contributed by atoms with Crippen LogP contribution in [0.2, 0.25) is 0 Å². The first-order valence-electron chi connectivity index (χ1n) is 6.53. The van der Waals surface area contributed by atoms with Crippen LogP contribution in [0.4, 0.5) is 4.39 Å². The van der Waals surface area contributed by atoms with E-state index < -0.39 is 5.82 Å². The first kappa shape index (κ1) is 15.9. The van der Waals surface area contributed by atoms with Gasteiger partial charge in [-0.05, 0) is 30.7 Å². The fourth-order valence-electron chi connectivity index (χ4n) is 1.57. The molecule has 2 rings (SSSR count). The van der Waals surface area contributed by atoms with Crippen LogP contribution in [-0.4, -0.2) is 12.4 Å². The zero-order valence-corrected chi connectivity index (χ0v) is 12.0. The molecule has 0 aromatic heterocycles. The second-order valence-electron chi connectivity index (χ2n) is 3.80. The number of allylic oxidation sites excluding steroid dienone is 1. The van der Waals surface area contributed by atoms with Gasteiger partial charge in [0.15, 0.2) is 11.6 Å². The summed E-state index contributed by atoms with van der Waals surface area (Å²) in [6.07, 6.45) is 3.55. The van der Waals surface area contributed by atoms with Gasteiger partial charge in [0, 0.05) is 11.8 Å². The minimum atomic E-state index is -0.416. The quantitative estimate of drug-likeness (QED) is 0.645. The van der Waals surface area contributed by atoms with E-state index in [1.165, 1.54) is 6.07 Å². The third-order valence-electron chi connectivity index (χ3n) is 2.51. The summed E-state index contributed by atoms with van der Waals surface area (Å²) in [6.45, 7) is 6.30. The molecule has 1 aromatic rings. The van der Waals surface area contributed by atoms with Crippen LogP contribution in [0.3, 0.4) is 0 Å². The topological polar surface area (TPSA) is 59.6 Å². The molecule has 4 nitrogen and oxygen atoms in total. The van der Waals surface area contributed by atoms with Crippen molar-refractivity contribution in [1.82, 2.24) is 5.43 Å². The van der Waals surface area contributed by atoms with E-state index >= 15 is 0 Å². The number of hydrazine groups is 1. The third kappa shape index (κ3) is 4.20. The van der Waals surface area contributed by atoms with Crippen LogP contribution in [0.1, 0.15) is 20.8 Å². The van der Waals surface area contributed by atoms with Crippen molar-refractivity contribution in [3.8, 4) is 5.75 Å². The fourth-order valence-corrected chi connectivity index (χ4v) is 1.57. The Balaban J connectivity index is 0.000000956. The summed E-state index contributed by atoms with van der Waals surface area (Å²) in [5.41, 5.74) is 4.24. The van der Waals surface area contributed by atoms with Crippen LogP contribution >= 0.6 is 0 Å². The molecule has 1 aromatic carbocycles. The molecule has 0 saturated heterocycles. The number of halogens is 1. The van der Waals surface area contributed by atoms with Crippen molar-refractivity contribution < 1.29 is 9.13 Å². The predicted molar refractivity (Wildman–Crippen MR) is 79.8 cm³/mol. The molecular weight excluding hydrogens is 257 g/mol. The fraction of sp³-hybridized carbons (Fsp3) is 0.267. The van der Waals surface area contributed by atoms with Crippen LogP contribution in [0.5, 0.6) is 5.75 Å². The Bertz CT molecular complexity index is 536. The second-order valence-corrected chi connectivity index (χ2v) is 3.80. The maximum Gasteiger partial charge on any atom is 0.215 e. The van der Waals surface area contributed by atoms with Crippen LogP contribution in [-0.2, 0) is 0 Å². The average Bonchev–Trinajstić information content (AvgIpc) is 2.64. The molecule has 0 amide bonds. The van der Waals surface area contributed by atoms with Gasteiger partial charge in [-0.1, -0.05) is 26.0 Å². The highest BCUT2D eigenvalue weighted by molar-refractivity contribution is 5.91. The van der Waals surface area contributed by atoms with E-state index in [9.17, 15) is 4.39 Å². The molecule has 0 aliphatic carbocycles. The maximum absolute atomic E-state index is 13.4. The summed E-state index contributed by atoms with van der Waals surface area (Å²) >= 11 is 0. The van der Waals surface area contributed by atoms with Crippen molar-refractivity contribution in [2.75, 3.05) is 6.54 Å². The number of benzene rings is 1. The summed E-state index contributed by atoms with van der Waals surface area (Å²) in [4.78, 5) is 4.19. The van der Waals surface area contributed by atoms with Gasteiger partial charge in [-0.15, -0.1) is 0 Å². The Morgan fingerprint density at radius 3 is 2.65 bits per heavy atom. The van der Waals surface area contributed by atoms with Gasteiger partial charge in [0.1, 0.15) is 0 Å². The maximum atomic E-state index is 13.4. The van der Waals surface area contributed by atoms with Crippen LogP contribution in [0.25, 0.3) is 0 Å². The predicted octanol–water partition coefficient (Wildman–Crippen LogP) is 2.94. The summed E-state index contributed by atoms with van der Waals surface area (Å²) < 4.78 is 18.9. The van der Waals surface area contributed by atoms with E-state index in [2.05, 4.69) is 10.4 Å². The Labute approximate surface area is 118 Å². The molecule has 0 unspecified atom stereocenters. The molecule has 20 heavy (non-hydrogen) atoms. The lowest BCUT2D eigenvalue weighted by Crippen LogP contribution is -2.22. The Hall–Kier alpha value is -2.14. The zero-order chi connectivity index (χ0) is 15.0. The number of rotatable bonds is 2. The molecular formula is C15H20FN3O. The van der Waals surface area contributed by atoms with Crippen molar-refractivity contribution in [3.63, 3.8) is 0 Å². The number of nitrogens with one attached hydrogen (secondary N) is 1. The summed E-state index contributed by atoms with van der Waals surface area (Å²) in [5, 5.41) is 0. The standard InChI is InChI=1S/C13H14FN3O.C2H6/c1-9-8-13(16-7-6-11(9)17-15)18-12-5-3-2-4-10(12)14;1-2/h2-6,8,17H,7,15H2,1H3;1-2H3. The minimum Gasteiger partial charge on any atom is -0.436 e. The van der Waals surface area contributed by atoms with Gasteiger partial charge in [-0.3, -0.25) is 5.84 Å². The van der Waals surface area contributed by atoms with Crippen LogP contribution in [0, 0.1) is 5.82 Å². The summed E-state index contributed by atoms with van der Waals surface area (Å²) in [6, 6.07) is 6.21.